The average molecular weight is 579 g/mol. The third-order valence-electron chi connectivity index (χ3n) is 5.81. The Morgan fingerprint density at radius 1 is 0.700 bits per heavy atom. The lowest BCUT2D eigenvalue weighted by Crippen LogP contribution is -2.26. The van der Waals surface area contributed by atoms with Crippen molar-refractivity contribution in [3.8, 4) is 0 Å². The number of ether oxygens (including phenoxy) is 1. The van der Waals surface area contributed by atoms with Crippen molar-refractivity contribution < 1.29 is 31.2 Å². The highest BCUT2D eigenvalue weighted by Crippen LogP contribution is 2.34. The number of esters is 1. The van der Waals surface area contributed by atoms with Crippen molar-refractivity contribution in [2.75, 3.05) is 16.1 Å². The van der Waals surface area contributed by atoms with Crippen molar-refractivity contribution in [1.82, 2.24) is 0 Å². The molecule has 4 aromatic carbocycles. The van der Waals surface area contributed by atoms with Crippen LogP contribution in [0.4, 0.5) is 11.4 Å². The van der Waals surface area contributed by atoms with E-state index in [1.807, 2.05) is 0 Å². The Morgan fingerprint density at radius 3 is 1.73 bits per heavy atom. The summed E-state index contributed by atoms with van der Waals surface area (Å²) in [6.45, 7) is 1.54. The summed E-state index contributed by atoms with van der Waals surface area (Å²) in [6, 6.07) is 27.0. The molecule has 0 aliphatic rings. The maximum atomic E-state index is 13.7. The molecule has 0 saturated carbocycles. The van der Waals surface area contributed by atoms with Gasteiger partial charge in [-0.05, 0) is 49.4 Å². The lowest BCUT2D eigenvalue weighted by Gasteiger charge is -2.21. The maximum Gasteiger partial charge on any atom is 0.321 e. The first-order chi connectivity index (χ1) is 19.1. The molecule has 0 aliphatic carbocycles. The van der Waals surface area contributed by atoms with Gasteiger partial charge in [-0.3, -0.25) is 19.0 Å². The minimum Gasteiger partial charge on any atom is -0.465 e. The predicted octanol–water partition coefficient (Wildman–Crippen LogP) is 4.82. The second kappa shape index (κ2) is 12.1. The van der Waals surface area contributed by atoms with Gasteiger partial charge in [0, 0.05) is 16.8 Å². The van der Waals surface area contributed by atoms with Crippen LogP contribution in [0.2, 0.25) is 0 Å². The van der Waals surface area contributed by atoms with Crippen LogP contribution >= 0.6 is 0 Å². The van der Waals surface area contributed by atoms with Gasteiger partial charge in [-0.1, -0.05) is 66.7 Å². The Labute approximate surface area is 232 Å². The number of benzene rings is 4. The second-order valence-electron chi connectivity index (χ2n) is 8.55. The Hall–Kier alpha value is -4.48. The highest BCUT2D eigenvalue weighted by atomic mass is 32.2. The normalized spacial score (nSPS) is 12.2. The highest BCUT2D eigenvalue weighted by molar-refractivity contribution is 7.93. The number of Topliss-reactive ketones (excluding diaryl/α,β-unsaturated/α-hetero) is 1. The van der Waals surface area contributed by atoms with Gasteiger partial charge in [0.15, 0.2) is 5.78 Å². The molecule has 4 aromatic rings. The summed E-state index contributed by atoms with van der Waals surface area (Å²) in [7, 11) is -8.18. The van der Waals surface area contributed by atoms with E-state index in [0.29, 0.717) is 0 Å². The number of ketones is 1. The molecule has 40 heavy (non-hydrogen) atoms. The Bertz CT molecular complexity index is 1710. The summed E-state index contributed by atoms with van der Waals surface area (Å²) >= 11 is 0. The molecule has 0 unspecified atom stereocenters. The molecule has 9 nitrogen and oxygen atoms in total. The number of carbonyl (C=O) groups excluding carboxylic acids is 2. The summed E-state index contributed by atoms with van der Waals surface area (Å²) in [6.07, 6.45) is 0. The minimum absolute atomic E-state index is 0.00675. The van der Waals surface area contributed by atoms with E-state index in [1.165, 1.54) is 54.6 Å². The van der Waals surface area contributed by atoms with Crippen molar-refractivity contribution in [3.63, 3.8) is 0 Å². The fourth-order valence-electron chi connectivity index (χ4n) is 3.94. The van der Waals surface area contributed by atoms with Crippen molar-refractivity contribution in [1.29, 1.82) is 0 Å². The van der Waals surface area contributed by atoms with E-state index in [1.54, 1.807) is 61.5 Å². The predicted molar refractivity (Wildman–Crippen MR) is 151 cm³/mol. The molecule has 11 heteroatoms. The molecule has 2 N–H and O–H groups in total. The van der Waals surface area contributed by atoms with Gasteiger partial charge in [0.05, 0.1) is 22.1 Å². The summed E-state index contributed by atoms with van der Waals surface area (Å²) in [5.74, 6) is -3.17. The monoisotopic (exact) mass is 578 g/mol. The SMILES string of the molecule is CCOC(=O)[C@H](C(=O)c1ccccc1)c1cc(NS(=O)(=O)c2ccccc2)ccc1NS(=O)(=O)c1ccccc1. The summed E-state index contributed by atoms with van der Waals surface area (Å²) in [4.78, 5) is 26.8. The second-order valence-corrected chi connectivity index (χ2v) is 11.9. The number of anilines is 2. The van der Waals surface area contributed by atoms with Gasteiger partial charge in [-0.15, -0.1) is 0 Å². The van der Waals surface area contributed by atoms with Crippen molar-refractivity contribution in [2.45, 2.75) is 22.6 Å². The topological polar surface area (TPSA) is 136 Å². The van der Waals surface area contributed by atoms with Crippen LogP contribution in [0.3, 0.4) is 0 Å². The van der Waals surface area contributed by atoms with Gasteiger partial charge >= 0.3 is 5.97 Å². The van der Waals surface area contributed by atoms with Crippen molar-refractivity contribution in [2.24, 2.45) is 0 Å². The molecule has 0 spiro atoms. The van der Waals surface area contributed by atoms with Gasteiger partial charge in [-0.25, -0.2) is 16.8 Å². The fraction of sp³-hybridized carbons (Fsp3) is 0.103. The molecular weight excluding hydrogens is 552 g/mol. The lowest BCUT2D eigenvalue weighted by atomic mass is 9.89. The van der Waals surface area contributed by atoms with E-state index >= 15 is 0 Å². The molecular formula is C29H26N2O7S2. The molecule has 0 saturated heterocycles. The van der Waals surface area contributed by atoms with Crippen LogP contribution in [0, 0.1) is 0 Å². The van der Waals surface area contributed by atoms with Crippen LogP contribution < -0.4 is 9.44 Å². The molecule has 0 aromatic heterocycles. The number of sulfonamides is 2. The zero-order chi connectivity index (χ0) is 28.8. The Kier molecular flexibility index (Phi) is 8.66. The first-order valence-electron chi connectivity index (χ1n) is 12.2. The molecule has 1 atom stereocenters. The third kappa shape index (κ3) is 6.56. The van der Waals surface area contributed by atoms with E-state index in [-0.39, 0.29) is 38.9 Å². The van der Waals surface area contributed by atoms with Gasteiger partial charge in [0.25, 0.3) is 20.0 Å². The molecule has 4 rings (SSSR count). The van der Waals surface area contributed by atoms with Crippen LogP contribution in [0.5, 0.6) is 0 Å². The Balaban J connectivity index is 1.86. The van der Waals surface area contributed by atoms with Gasteiger partial charge in [-0.2, -0.15) is 0 Å². The number of hydrogen-bond donors (Lipinski definition) is 2. The first-order valence-corrected chi connectivity index (χ1v) is 15.1. The first kappa shape index (κ1) is 28.5. The van der Waals surface area contributed by atoms with E-state index in [9.17, 15) is 26.4 Å². The minimum atomic E-state index is -4.14. The van der Waals surface area contributed by atoms with Crippen molar-refractivity contribution >= 4 is 43.2 Å². The summed E-state index contributed by atoms with van der Waals surface area (Å²) < 4.78 is 62.4. The summed E-state index contributed by atoms with van der Waals surface area (Å²) in [5.41, 5.74) is 0.0262. The average Bonchev–Trinajstić information content (AvgIpc) is 2.96. The van der Waals surface area contributed by atoms with E-state index in [4.69, 9.17) is 4.74 Å². The largest absolute Gasteiger partial charge is 0.465 e. The summed E-state index contributed by atoms with van der Waals surface area (Å²) in [5, 5.41) is 0. The standard InChI is InChI=1S/C29H26N2O7S2/c1-2-38-29(33)27(28(32)21-12-6-3-7-13-21)25-20-22(30-39(34,35)23-14-8-4-9-15-23)18-19-26(25)31-40(36,37)24-16-10-5-11-17-24/h3-20,27,30-31H,2H2,1H3/t27-/m0/s1. The number of nitrogens with one attached hydrogen (secondary N) is 2. The molecule has 0 aliphatic heterocycles. The lowest BCUT2D eigenvalue weighted by molar-refractivity contribution is -0.143. The molecule has 0 bridgehead atoms. The zero-order valence-electron chi connectivity index (χ0n) is 21.4. The molecule has 0 amide bonds. The quantitative estimate of drug-likeness (QED) is 0.148. The van der Waals surface area contributed by atoms with Crippen LogP contribution in [0.1, 0.15) is 28.8 Å². The van der Waals surface area contributed by atoms with Crippen LogP contribution in [-0.4, -0.2) is 35.2 Å². The number of rotatable bonds is 11. The van der Waals surface area contributed by atoms with Gasteiger partial charge < -0.3 is 4.74 Å². The van der Waals surface area contributed by atoms with Crippen LogP contribution in [-0.2, 0) is 29.6 Å². The molecule has 0 radical (unpaired) electrons. The van der Waals surface area contributed by atoms with Crippen LogP contribution in [0.25, 0.3) is 0 Å². The third-order valence-corrected chi connectivity index (χ3v) is 8.59. The molecule has 0 heterocycles. The highest BCUT2D eigenvalue weighted by Gasteiger charge is 2.34. The van der Waals surface area contributed by atoms with Crippen molar-refractivity contribution in [3.05, 3.63) is 120 Å². The number of carbonyl (C=O) groups is 2. The van der Waals surface area contributed by atoms with Gasteiger partial charge in [0.2, 0.25) is 0 Å². The molecule has 206 valence electrons. The van der Waals surface area contributed by atoms with E-state index < -0.39 is 37.7 Å². The van der Waals surface area contributed by atoms with E-state index in [0.717, 1.165) is 0 Å². The number of hydrogen-bond acceptors (Lipinski definition) is 7. The molecule has 0 fully saturated rings. The van der Waals surface area contributed by atoms with Gasteiger partial charge in [0.1, 0.15) is 5.92 Å². The fourth-order valence-corrected chi connectivity index (χ4v) is 6.12. The zero-order valence-corrected chi connectivity index (χ0v) is 23.0. The maximum absolute atomic E-state index is 13.7. The van der Waals surface area contributed by atoms with E-state index in [2.05, 4.69) is 9.44 Å². The van der Waals surface area contributed by atoms with Crippen LogP contribution in [0.15, 0.2) is 119 Å². The Morgan fingerprint density at radius 2 is 1.20 bits per heavy atom. The smallest absolute Gasteiger partial charge is 0.321 e.